The second kappa shape index (κ2) is 9.60. The van der Waals surface area contributed by atoms with Gasteiger partial charge in [-0.2, -0.15) is 0 Å². The number of piperidine rings is 1. The van der Waals surface area contributed by atoms with E-state index in [1.54, 1.807) is 6.20 Å². The van der Waals surface area contributed by atoms with Crippen LogP contribution in [0.25, 0.3) is 0 Å². The Bertz CT molecular complexity index is 1020. The van der Waals surface area contributed by atoms with Crippen molar-refractivity contribution >= 4 is 11.8 Å². The standard InChI is InChI=1S/C25H28N4O2/c1-28-16-14-26-24(28)23(20-11-6-3-7-12-20)27-25(31)21-13-8-15-29(18-21)22(30)17-19-9-4-2-5-10-19/h2-7,9-12,14,16,21,23H,8,13,15,17-18H2,1H3,(H,27,31). The monoisotopic (exact) mass is 416 g/mol. The summed E-state index contributed by atoms with van der Waals surface area (Å²) in [6, 6.07) is 19.3. The van der Waals surface area contributed by atoms with E-state index in [9.17, 15) is 9.59 Å². The predicted octanol–water partition coefficient (Wildman–Crippen LogP) is 3.11. The van der Waals surface area contributed by atoms with Gasteiger partial charge in [0.2, 0.25) is 11.8 Å². The fourth-order valence-electron chi connectivity index (χ4n) is 4.16. The number of rotatable bonds is 6. The average molecular weight is 417 g/mol. The molecule has 2 atom stereocenters. The SMILES string of the molecule is Cn1ccnc1C(NC(=O)C1CCCN(C(=O)Cc2ccccc2)C1)c1ccccc1. The molecule has 0 saturated carbocycles. The Balaban J connectivity index is 1.45. The van der Waals surface area contributed by atoms with Crippen LogP contribution in [0, 0.1) is 5.92 Å². The summed E-state index contributed by atoms with van der Waals surface area (Å²) >= 11 is 0. The number of nitrogens with one attached hydrogen (secondary N) is 1. The van der Waals surface area contributed by atoms with Gasteiger partial charge in [-0.05, 0) is 24.0 Å². The van der Waals surface area contributed by atoms with Gasteiger partial charge >= 0.3 is 0 Å². The molecule has 2 amide bonds. The quantitative estimate of drug-likeness (QED) is 0.671. The zero-order valence-corrected chi connectivity index (χ0v) is 17.8. The van der Waals surface area contributed by atoms with Gasteiger partial charge in [0.1, 0.15) is 11.9 Å². The summed E-state index contributed by atoms with van der Waals surface area (Å²) in [5.41, 5.74) is 1.98. The first kappa shape index (κ1) is 20.8. The van der Waals surface area contributed by atoms with Crippen LogP contribution in [0.2, 0.25) is 0 Å². The van der Waals surface area contributed by atoms with Crippen LogP contribution in [-0.2, 0) is 23.1 Å². The first-order valence-electron chi connectivity index (χ1n) is 10.8. The highest BCUT2D eigenvalue weighted by molar-refractivity contribution is 5.82. The Morgan fingerprint density at radius 1 is 1.10 bits per heavy atom. The number of hydrogen-bond acceptors (Lipinski definition) is 3. The largest absolute Gasteiger partial charge is 0.342 e. The lowest BCUT2D eigenvalue weighted by atomic mass is 9.95. The Morgan fingerprint density at radius 3 is 2.48 bits per heavy atom. The van der Waals surface area contributed by atoms with Gasteiger partial charge in [-0.1, -0.05) is 60.7 Å². The summed E-state index contributed by atoms with van der Waals surface area (Å²) < 4.78 is 1.93. The predicted molar refractivity (Wildman–Crippen MR) is 119 cm³/mol. The summed E-state index contributed by atoms with van der Waals surface area (Å²) in [4.78, 5) is 32.3. The van der Waals surface area contributed by atoms with Crippen molar-refractivity contribution in [2.45, 2.75) is 25.3 Å². The molecular weight excluding hydrogens is 388 g/mol. The lowest BCUT2D eigenvalue weighted by Crippen LogP contribution is -2.46. The first-order chi connectivity index (χ1) is 15.1. The fourth-order valence-corrected chi connectivity index (χ4v) is 4.16. The molecule has 0 spiro atoms. The number of benzene rings is 2. The Morgan fingerprint density at radius 2 is 1.81 bits per heavy atom. The average Bonchev–Trinajstić information content (AvgIpc) is 3.24. The van der Waals surface area contributed by atoms with E-state index in [4.69, 9.17) is 0 Å². The van der Waals surface area contributed by atoms with Gasteiger partial charge in [0, 0.05) is 32.5 Å². The maximum atomic E-state index is 13.2. The minimum Gasteiger partial charge on any atom is -0.342 e. The zero-order chi connectivity index (χ0) is 21.6. The second-order valence-corrected chi connectivity index (χ2v) is 8.09. The molecule has 0 radical (unpaired) electrons. The molecular formula is C25H28N4O2. The molecule has 1 aliphatic heterocycles. The first-order valence-corrected chi connectivity index (χ1v) is 10.8. The van der Waals surface area contributed by atoms with Crippen LogP contribution in [0.4, 0.5) is 0 Å². The van der Waals surface area contributed by atoms with Crippen molar-refractivity contribution in [2.75, 3.05) is 13.1 Å². The number of imidazole rings is 1. The molecule has 0 aliphatic carbocycles. The van der Waals surface area contributed by atoms with Gasteiger partial charge in [-0.25, -0.2) is 4.98 Å². The van der Waals surface area contributed by atoms with Crippen LogP contribution in [0.1, 0.15) is 35.8 Å². The molecule has 160 valence electrons. The highest BCUT2D eigenvalue weighted by Gasteiger charge is 2.31. The lowest BCUT2D eigenvalue weighted by Gasteiger charge is -2.33. The van der Waals surface area contributed by atoms with Gasteiger partial charge in [-0.3, -0.25) is 9.59 Å². The molecule has 0 bridgehead atoms. The molecule has 1 aromatic heterocycles. The van der Waals surface area contributed by atoms with E-state index in [0.717, 1.165) is 29.8 Å². The van der Waals surface area contributed by atoms with Crippen molar-refractivity contribution in [1.82, 2.24) is 19.8 Å². The molecule has 2 heterocycles. The molecule has 1 fully saturated rings. The van der Waals surface area contributed by atoms with Crippen LogP contribution < -0.4 is 5.32 Å². The minimum absolute atomic E-state index is 0.0333. The summed E-state index contributed by atoms with van der Waals surface area (Å²) in [7, 11) is 1.93. The third-order valence-corrected chi connectivity index (χ3v) is 5.88. The van der Waals surface area contributed by atoms with E-state index in [1.807, 2.05) is 83.4 Å². The van der Waals surface area contributed by atoms with Crippen LogP contribution in [0.3, 0.4) is 0 Å². The smallest absolute Gasteiger partial charge is 0.227 e. The summed E-state index contributed by atoms with van der Waals surface area (Å²) in [5.74, 6) is 0.605. The lowest BCUT2D eigenvalue weighted by molar-refractivity contribution is -0.135. The van der Waals surface area contributed by atoms with Crippen LogP contribution >= 0.6 is 0 Å². The van der Waals surface area contributed by atoms with Gasteiger partial charge < -0.3 is 14.8 Å². The van der Waals surface area contributed by atoms with E-state index >= 15 is 0 Å². The number of likely N-dealkylation sites (tertiary alicyclic amines) is 1. The van der Waals surface area contributed by atoms with Gasteiger partial charge in [0.05, 0.1) is 12.3 Å². The molecule has 3 aromatic rings. The van der Waals surface area contributed by atoms with Crippen LogP contribution in [-0.4, -0.2) is 39.4 Å². The second-order valence-electron chi connectivity index (χ2n) is 8.09. The van der Waals surface area contributed by atoms with Crippen molar-refractivity contribution in [1.29, 1.82) is 0 Å². The molecule has 6 heteroatoms. The van der Waals surface area contributed by atoms with E-state index in [-0.39, 0.29) is 23.8 Å². The topological polar surface area (TPSA) is 67.2 Å². The molecule has 4 rings (SSSR count). The number of aryl methyl sites for hydroxylation is 1. The number of carbonyl (C=O) groups is 2. The third-order valence-electron chi connectivity index (χ3n) is 5.88. The number of aromatic nitrogens is 2. The van der Waals surface area contributed by atoms with Gasteiger partial charge in [-0.15, -0.1) is 0 Å². The van der Waals surface area contributed by atoms with Gasteiger partial charge in [0.15, 0.2) is 0 Å². The molecule has 1 saturated heterocycles. The van der Waals surface area contributed by atoms with Crippen molar-refractivity contribution < 1.29 is 9.59 Å². The van der Waals surface area contributed by atoms with E-state index in [0.29, 0.717) is 19.5 Å². The number of carbonyl (C=O) groups excluding carboxylic acids is 2. The summed E-state index contributed by atoms with van der Waals surface area (Å²) in [6.45, 7) is 1.16. The van der Waals surface area contributed by atoms with Crippen molar-refractivity contribution in [3.8, 4) is 0 Å². The van der Waals surface area contributed by atoms with Crippen molar-refractivity contribution in [2.24, 2.45) is 13.0 Å². The minimum atomic E-state index is -0.330. The molecule has 2 aromatic carbocycles. The van der Waals surface area contributed by atoms with Crippen LogP contribution in [0.15, 0.2) is 73.1 Å². The fraction of sp³-hybridized carbons (Fsp3) is 0.320. The molecule has 1 N–H and O–H groups in total. The van der Waals surface area contributed by atoms with Crippen molar-refractivity contribution in [3.05, 3.63) is 90.0 Å². The maximum Gasteiger partial charge on any atom is 0.227 e. The maximum absolute atomic E-state index is 13.2. The molecule has 6 nitrogen and oxygen atoms in total. The van der Waals surface area contributed by atoms with Crippen LogP contribution in [0.5, 0.6) is 0 Å². The number of nitrogens with zero attached hydrogens (tertiary/aromatic N) is 3. The zero-order valence-electron chi connectivity index (χ0n) is 17.8. The Hall–Kier alpha value is -3.41. The Labute approximate surface area is 182 Å². The van der Waals surface area contributed by atoms with Gasteiger partial charge in [0.25, 0.3) is 0 Å². The third kappa shape index (κ3) is 5.02. The number of hydrogen-bond donors (Lipinski definition) is 1. The van der Waals surface area contributed by atoms with E-state index in [2.05, 4.69) is 10.3 Å². The molecule has 31 heavy (non-hydrogen) atoms. The molecule has 1 aliphatic rings. The van der Waals surface area contributed by atoms with Crippen molar-refractivity contribution in [3.63, 3.8) is 0 Å². The molecule has 2 unspecified atom stereocenters. The number of amides is 2. The normalized spacial score (nSPS) is 17.2. The van der Waals surface area contributed by atoms with E-state index < -0.39 is 0 Å². The van der Waals surface area contributed by atoms with E-state index in [1.165, 1.54) is 0 Å². The highest BCUT2D eigenvalue weighted by atomic mass is 16.2. The summed E-state index contributed by atoms with van der Waals surface area (Å²) in [6.07, 6.45) is 5.60. The summed E-state index contributed by atoms with van der Waals surface area (Å²) in [5, 5.41) is 3.20. The Kier molecular flexibility index (Phi) is 6.46. The highest BCUT2D eigenvalue weighted by Crippen LogP contribution is 2.23.